The number of methoxy groups -OCH3 is 1. The normalized spacial score (nSPS) is 12.6. The number of ether oxygens (including phenoxy) is 1. The second-order valence-electron chi connectivity index (χ2n) is 5.74. The van der Waals surface area contributed by atoms with Gasteiger partial charge in [-0.25, -0.2) is 13.2 Å². The number of nitrogens with one attached hydrogen (secondary N) is 2. The maximum Gasteiger partial charge on any atom is 0.191 e. The van der Waals surface area contributed by atoms with E-state index in [-0.39, 0.29) is 11.8 Å². The zero-order valence-corrected chi connectivity index (χ0v) is 14.9. The van der Waals surface area contributed by atoms with Crippen molar-refractivity contribution in [2.24, 2.45) is 4.99 Å². The van der Waals surface area contributed by atoms with Crippen LogP contribution in [0.5, 0.6) is 5.75 Å². The zero-order chi connectivity index (χ0) is 19.1. The second-order valence-corrected chi connectivity index (χ2v) is 5.74. The molecule has 0 bridgehead atoms. The highest BCUT2D eigenvalue weighted by molar-refractivity contribution is 5.80. The van der Waals surface area contributed by atoms with Crippen LogP contribution >= 0.6 is 0 Å². The molecule has 0 aliphatic heterocycles. The maximum atomic E-state index is 13.8. The van der Waals surface area contributed by atoms with Gasteiger partial charge in [0, 0.05) is 19.7 Å². The fourth-order valence-corrected chi connectivity index (χ4v) is 2.48. The smallest absolute Gasteiger partial charge is 0.191 e. The van der Waals surface area contributed by atoms with Crippen molar-refractivity contribution in [2.75, 3.05) is 20.7 Å². The minimum Gasteiger partial charge on any atom is -0.494 e. The first-order valence-electron chi connectivity index (χ1n) is 8.19. The molecule has 0 saturated carbocycles. The largest absolute Gasteiger partial charge is 0.494 e. The lowest BCUT2D eigenvalue weighted by Gasteiger charge is -2.19. The summed E-state index contributed by atoms with van der Waals surface area (Å²) in [6.07, 6.45) is 0.373. The molecular formula is C19H22F3N3O. The van der Waals surface area contributed by atoms with Crippen molar-refractivity contribution in [3.63, 3.8) is 0 Å². The molecule has 0 saturated heterocycles. The number of halogens is 3. The highest BCUT2D eigenvalue weighted by Gasteiger charge is 2.11. The summed E-state index contributed by atoms with van der Waals surface area (Å²) in [5.74, 6) is -0.927. The van der Waals surface area contributed by atoms with Gasteiger partial charge in [0.25, 0.3) is 0 Å². The molecule has 7 heteroatoms. The molecule has 140 valence electrons. The molecule has 4 nitrogen and oxygen atoms in total. The summed E-state index contributed by atoms with van der Waals surface area (Å²) in [6.45, 7) is 2.28. The van der Waals surface area contributed by atoms with E-state index in [1.807, 2.05) is 6.92 Å². The maximum absolute atomic E-state index is 13.8. The van der Waals surface area contributed by atoms with Gasteiger partial charge in [0.05, 0.1) is 13.2 Å². The van der Waals surface area contributed by atoms with Crippen molar-refractivity contribution in [1.82, 2.24) is 10.6 Å². The van der Waals surface area contributed by atoms with Crippen LogP contribution in [0.1, 0.15) is 24.1 Å². The van der Waals surface area contributed by atoms with Crippen LogP contribution in [0.2, 0.25) is 0 Å². The van der Waals surface area contributed by atoms with Crippen LogP contribution in [-0.2, 0) is 6.42 Å². The Morgan fingerprint density at radius 2 is 1.88 bits per heavy atom. The van der Waals surface area contributed by atoms with Crippen LogP contribution in [0.25, 0.3) is 0 Å². The Morgan fingerprint density at radius 1 is 1.12 bits per heavy atom. The van der Waals surface area contributed by atoms with E-state index in [4.69, 9.17) is 4.74 Å². The SMILES string of the molecule is CN=C(NCCc1ccc(F)cc1F)NC(C)c1ccc(OC)c(F)c1. The van der Waals surface area contributed by atoms with Crippen LogP contribution in [0.4, 0.5) is 13.2 Å². The molecule has 2 aromatic rings. The van der Waals surface area contributed by atoms with Crippen molar-refractivity contribution >= 4 is 5.96 Å². The molecule has 1 unspecified atom stereocenters. The molecule has 0 fully saturated rings. The van der Waals surface area contributed by atoms with Crippen LogP contribution in [0.15, 0.2) is 41.4 Å². The minimum atomic E-state index is -0.600. The first-order valence-corrected chi connectivity index (χ1v) is 8.19. The number of aliphatic imine (C=N–C) groups is 1. The average molecular weight is 365 g/mol. The number of benzene rings is 2. The highest BCUT2D eigenvalue weighted by Crippen LogP contribution is 2.21. The predicted molar refractivity (Wildman–Crippen MR) is 95.9 cm³/mol. The Labute approximate surface area is 151 Å². The van der Waals surface area contributed by atoms with E-state index in [9.17, 15) is 13.2 Å². The molecule has 2 rings (SSSR count). The summed E-state index contributed by atoms with van der Waals surface area (Å²) in [7, 11) is 3.02. The standard InChI is InChI=1S/C19H22F3N3O/c1-12(14-5-7-18(26-3)17(22)10-14)25-19(23-2)24-9-8-13-4-6-15(20)11-16(13)21/h4-7,10-12H,8-9H2,1-3H3,(H2,23,24,25). The molecule has 0 spiro atoms. The van der Waals surface area contributed by atoms with E-state index >= 15 is 0 Å². The van der Waals surface area contributed by atoms with Crippen molar-refractivity contribution < 1.29 is 17.9 Å². The van der Waals surface area contributed by atoms with E-state index in [0.717, 1.165) is 11.6 Å². The Hall–Kier alpha value is -2.70. The number of rotatable bonds is 6. The molecule has 0 aromatic heterocycles. The van der Waals surface area contributed by atoms with E-state index < -0.39 is 17.5 Å². The van der Waals surface area contributed by atoms with Gasteiger partial charge in [-0.1, -0.05) is 12.1 Å². The van der Waals surface area contributed by atoms with Crippen LogP contribution in [0, 0.1) is 17.5 Å². The van der Waals surface area contributed by atoms with E-state index in [2.05, 4.69) is 15.6 Å². The molecule has 2 aromatic carbocycles. The third-order valence-electron chi connectivity index (χ3n) is 3.95. The number of hydrogen-bond acceptors (Lipinski definition) is 2. The number of hydrogen-bond donors (Lipinski definition) is 2. The number of guanidine groups is 1. The van der Waals surface area contributed by atoms with Gasteiger partial charge in [0.15, 0.2) is 17.5 Å². The summed E-state index contributed by atoms with van der Waals surface area (Å²) < 4.78 is 45.3. The topological polar surface area (TPSA) is 45.7 Å². The monoisotopic (exact) mass is 365 g/mol. The third kappa shape index (κ3) is 5.15. The van der Waals surface area contributed by atoms with E-state index in [1.165, 1.54) is 25.3 Å². The molecule has 1 atom stereocenters. The van der Waals surface area contributed by atoms with Gasteiger partial charge in [-0.05, 0) is 42.7 Å². The molecule has 0 radical (unpaired) electrons. The van der Waals surface area contributed by atoms with Crippen molar-refractivity contribution in [1.29, 1.82) is 0 Å². The Balaban J connectivity index is 1.91. The molecule has 0 heterocycles. The first kappa shape index (κ1) is 19.6. The molecule has 0 aliphatic carbocycles. The van der Waals surface area contributed by atoms with Gasteiger partial charge in [-0.3, -0.25) is 4.99 Å². The molecule has 0 amide bonds. The van der Waals surface area contributed by atoms with Gasteiger partial charge in [0.2, 0.25) is 0 Å². The number of nitrogens with zero attached hydrogens (tertiary/aromatic N) is 1. The quantitative estimate of drug-likeness (QED) is 0.608. The van der Waals surface area contributed by atoms with Gasteiger partial charge < -0.3 is 15.4 Å². The fourth-order valence-electron chi connectivity index (χ4n) is 2.48. The molecular weight excluding hydrogens is 343 g/mol. The Morgan fingerprint density at radius 3 is 2.50 bits per heavy atom. The van der Waals surface area contributed by atoms with Gasteiger partial charge in [-0.15, -0.1) is 0 Å². The zero-order valence-electron chi connectivity index (χ0n) is 14.9. The molecule has 2 N–H and O–H groups in total. The molecule has 26 heavy (non-hydrogen) atoms. The lowest BCUT2D eigenvalue weighted by atomic mass is 10.1. The lowest BCUT2D eigenvalue weighted by molar-refractivity contribution is 0.386. The van der Waals surface area contributed by atoms with Crippen molar-refractivity contribution in [3.05, 3.63) is 65.0 Å². The average Bonchev–Trinajstić information content (AvgIpc) is 2.62. The van der Waals surface area contributed by atoms with Gasteiger partial charge in [0.1, 0.15) is 11.6 Å². The van der Waals surface area contributed by atoms with Gasteiger partial charge >= 0.3 is 0 Å². The minimum absolute atomic E-state index is 0.185. The van der Waals surface area contributed by atoms with Gasteiger partial charge in [-0.2, -0.15) is 0 Å². The third-order valence-corrected chi connectivity index (χ3v) is 3.95. The Kier molecular flexibility index (Phi) is 6.89. The summed E-state index contributed by atoms with van der Waals surface area (Å²) >= 11 is 0. The summed E-state index contributed by atoms with van der Waals surface area (Å²) in [5, 5.41) is 6.19. The van der Waals surface area contributed by atoms with Crippen LogP contribution < -0.4 is 15.4 Å². The lowest BCUT2D eigenvalue weighted by Crippen LogP contribution is -2.39. The first-order chi connectivity index (χ1) is 12.4. The van der Waals surface area contributed by atoms with Crippen LogP contribution in [0.3, 0.4) is 0 Å². The van der Waals surface area contributed by atoms with Crippen molar-refractivity contribution in [3.8, 4) is 5.75 Å². The highest BCUT2D eigenvalue weighted by atomic mass is 19.1. The van der Waals surface area contributed by atoms with Crippen LogP contribution in [-0.4, -0.2) is 26.7 Å². The summed E-state index contributed by atoms with van der Waals surface area (Å²) in [4.78, 5) is 4.10. The second kappa shape index (κ2) is 9.12. The van der Waals surface area contributed by atoms with E-state index in [0.29, 0.717) is 24.5 Å². The Bertz CT molecular complexity index is 781. The summed E-state index contributed by atoms with van der Waals surface area (Å²) in [6, 6.07) is 8.04. The van der Waals surface area contributed by atoms with E-state index in [1.54, 1.807) is 19.2 Å². The fraction of sp³-hybridized carbons (Fsp3) is 0.316. The predicted octanol–water partition coefficient (Wildman–Crippen LogP) is 3.58. The molecule has 0 aliphatic rings. The van der Waals surface area contributed by atoms with Crippen molar-refractivity contribution in [2.45, 2.75) is 19.4 Å². The summed E-state index contributed by atoms with van der Waals surface area (Å²) in [5.41, 5.74) is 1.15.